The zero-order valence-electron chi connectivity index (χ0n) is 9.78. The second-order valence-corrected chi connectivity index (χ2v) is 5.70. The van der Waals surface area contributed by atoms with E-state index in [1.807, 2.05) is 6.07 Å². The zero-order chi connectivity index (χ0) is 13.1. The Morgan fingerprint density at radius 3 is 2.72 bits per heavy atom. The minimum absolute atomic E-state index is 0.313. The second-order valence-electron chi connectivity index (χ2n) is 3.92. The molecule has 1 aromatic carbocycles. The van der Waals surface area contributed by atoms with Gasteiger partial charge in [-0.05, 0) is 18.6 Å². The lowest BCUT2D eigenvalue weighted by Gasteiger charge is -2.06. The number of rotatable bonds is 3. The van der Waals surface area contributed by atoms with Crippen LogP contribution in [0.5, 0.6) is 0 Å². The van der Waals surface area contributed by atoms with Gasteiger partial charge in [-0.25, -0.2) is 4.98 Å². The summed E-state index contributed by atoms with van der Waals surface area (Å²) in [6, 6.07) is 9.95. The monoisotopic (exact) mass is 298 g/mol. The molecule has 0 fully saturated rings. The number of nitrogens with two attached hydrogens (primary N) is 1. The van der Waals surface area contributed by atoms with E-state index in [4.69, 9.17) is 28.9 Å². The Balaban J connectivity index is 2.13. The molecule has 0 amide bonds. The molecule has 0 atom stereocenters. The molecule has 0 unspecified atom stereocenters. The maximum Gasteiger partial charge on any atom is 0.143 e. The lowest BCUT2D eigenvalue weighted by atomic mass is 10.2. The average molecular weight is 299 g/mol. The summed E-state index contributed by atoms with van der Waals surface area (Å²) in [5.41, 5.74) is 8.13. The van der Waals surface area contributed by atoms with E-state index in [0.29, 0.717) is 20.9 Å². The third-order valence-corrected chi connectivity index (χ3v) is 4.15. The van der Waals surface area contributed by atoms with Gasteiger partial charge < -0.3 is 5.73 Å². The topological polar surface area (TPSA) is 38.9 Å². The van der Waals surface area contributed by atoms with Gasteiger partial charge in [-0.2, -0.15) is 0 Å². The van der Waals surface area contributed by atoms with Crippen molar-refractivity contribution < 1.29 is 0 Å². The Hall–Kier alpha value is -0.900. The summed E-state index contributed by atoms with van der Waals surface area (Å²) in [6.07, 6.45) is 0. The number of thioether (sulfide) groups is 1. The molecule has 18 heavy (non-hydrogen) atoms. The minimum atomic E-state index is 0.313. The van der Waals surface area contributed by atoms with Gasteiger partial charge >= 0.3 is 0 Å². The first-order valence-corrected chi connectivity index (χ1v) is 7.10. The predicted molar refractivity (Wildman–Crippen MR) is 79.4 cm³/mol. The molecule has 1 heterocycles. The van der Waals surface area contributed by atoms with E-state index in [1.54, 1.807) is 17.8 Å². The molecule has 0 saturated carbocycles. The molecule has 1 aromatic heterocycles. The van der Waals surface area contributed by atoms with Crippen LogP contribution in [-0.2, 0) is 5.75 Å². The van der Waals surface area contributed by atoms with Crippen molar-refractivity contribution in [2.75, 3.05) is 5.73 Å². The molecule has 2 N–H and O–H groups in total. The van der Waals surface area contributed by atoms with Gasteiger partial charge in [0.2, 0.25) is 0 Å². The van der Waals surface area contributed by atoms with E-state index in [9.17, 15) is 0 Å². The van der Waals surface area contributed by atoms with Crippen LogP contribution in [0.2, 0.25) is 10.0 Å². The van der Waals surface area contributed by atoms with Crippen molar-refractivity contribution in [2.45, 2.75) is 17.7 Å². The van der Waals surface area contributed by atoms with Crippen LogP contribution in [0.4, 0.5) is 5.82 Å². The summed E-state index contributed by atoms with van der Waals surface area (Å²) in [5.74, 6) is 1.11. The fourth-order valence-electron chi connectivity index (χ4n) is 1.52. The highest BCUT2D eigenvalue weighted by molar-refractivity contribution is 7.98. The van der Waals surface area contributed by atoms with Crippen LogP contribution in [0.3, 0.4) is 0 Å². The SMILES string of the molecule is Cc1cccc(CSc2nc(N)c(Cl)cc2Cl)c1. The molecule has 94 valence electrons. The van der Waals surface area contributed by atoms with Crippen molar-refractivity contribution in [2.24, 2.45) is 0 Å². The van der Waals surface area contributed by atoms with Crippen molar-refractivity contribution in [3.63, 3.8) is 0 Å². The fourth-order valence-corrected chi connectivity index (χ4v) is 2.88. The van der Waals surface area contributed by atoms with Crippen molar-refractivity contribution in [1.29, 1.82) is 0 Å². The van der Waals surface area contributed by atoms with E-state index < -0.39 is 0 Å². The number of nitrogen functional groups attached to an aromatic ring is 1. The number of aryl methyl sites for hydroxylation is 1. The molecule has 2 rings (SSSR count). The van der Waals surface area contributed by atoms with Crippen LogP contribution in [0.1, 0.15) is 11.1 Å². The number of halogens is 2. The van der Waals surface area contributed by atoms with Gasteiger partial charge in [0.15, 0.2) is 0 Å². The summed E-state index contributed by atoms with van der Waals surface area (Å²) in [6.45, 7) is 2.07. The first-order valence-electron chi connectivity index (χ1n) is 5.36. The van der Waals surface area contributed by atoms with Crippen LogP contribution in [0.25, 0.3) is 0 Å². The smallest absolute Gasteiger partial charge is 0.143 e. The van der Waals surface area contributed by atoms with Crippen molar-refractivity contribution >= 4 is 40.8 Å². The average Bonchev–Trinajstić information content (AvgIpc) is 2.32. The molecule has 2 nitrogen and oxygen atoms in total. The third kappa shape index (κ3) is 3.31. The van der Waals surface area contributed by atoms with Crippen LogP contribution >= 0.6 is 35.0 Å². The van der Waals surface area contributed by atoms with Gasteiger partial charge in [-0.1, -0.05) is 53.0 Å². The number of nitrogens with zero attached hydrogens (tertiary/aromatic N) is 1. The molecule has 0 radical (unpaired) electrons. The molecule has 0 aliphatic carbocycles. The van der Waals surface area contributed by atoms with E-state index >= 15 is 0 Å². The van der Waals surface area contributed by atoms with Crippen LogP contribution in [0, 0.1) is 6.92 Å². The van der Waals surface area contributed by atoms with Gasteiger partial charge in [0, 0.05) is 5.75 Å². The number of pyridine rings is 1. The van der Waals surface area contributed by atoms with Gasteiger partial charge in [0.05, 0.1) is 10.0 Å². The number of anilines is 1. The number of hydrogen-bond donors (Lipinski definition) is 1. The summed E-state index contributed by atoms with van der Waals surface area (Å²) < 4.78 is 0. The summed E-state index contributed by atoms with van der Waals surface area (Å²) in [7, 11) is 0. The molecule has 0 saturated heterocycles. The standard InChI is InChI=1S/C13H12Cl2N2S/c1-8-3-2-4-9(5-8)7-18-13-11(15)6-10(14)12(16)17-13/h2-6H,7H2,1H3,(H2,16,17). The Morgan fingerprint density at radius 1 is 1.22 bits per heavy atom. The molecule has 2 aromatic rings. The van der Waals surface area contributed by atoms with Gasteiger partial charge in [-0.15, -0.1) is 11.8 Å². The molecule has 0 bridgehead atoms. The number of benzene rings is 1. The van der Waals surface area contributed by atoms with Gasteiger partial charge in [0.25, 0.3) is 0 Å². The lowest BCUT2D eigenvalue weighted by Crippen LogP contribution is -1.94. The Kier molecular flexibility index (Phi) is 4.38. The van der Waals surface area contributed by atoms with E-state index in [2.05, 4.69) is 30.1 Å². The quantitative estimate of drug-likeness (QED) is 0.844. The Bertz CT molecular complexity index is 573. The van der Waals surface area contributed by atoms with E-state index in [-0.39, 0.29) is 0 Å². The van der Waals surface area contributed by atoms with Gasteiger partial charge in [-0.3, -0.25) is 0 Å². The number of aromatic nitrogens is 1. The minimum Gasteiger partial charge on any atom is -0.382 e. The molecular formula is C13H12Cl2N2S. The predicted octanol–water partition coefficient (Wildman–Crippen LogP) is 4.57. The highest BCUT2D eigenvalue weighted by Crippen LogP contribution is 2.32. The van der Waals surface area contributed by atoms with E-state index in [1.165, 1.54) is 11.1 Å². The normalized spacial score (nSPS) is 10.6. The summed E-state index contributed by atoms with van der Waals surface area (Å²) in [5, 5.41) is 1.63. The Labute approximate surface area is 121 Å². The highest BCUT2D eigenvalue weighted by atomic mass is 35.5. The van der Waals surface area contributed by atoms with Gasteiger partial charge in [0.1, 0.15) is 10.8 Å². The van der Waals surface area contributed by atoms with Crippen LogP contribution in [0.15, 0.2) is 35.4 Å². The summed E-state index contributed by atoms with van der Waals surface area (Å²) >= 11 is 13.5. The van der Waals surface area contributed by atoms with Crippen molar-refractivity contribution in [1.82, 2.24) is 4.98 Å². The fraction of sp³-hybridized carbons (Fsp3) is 0.154. The first-order chi connectivity index (χ1) is 8.56. The molecular weight excluding hydrogens is 287 g/mol. The zero-order valence-corrected chi connectivity index (χ0v) is 12.1. The van der Waals surface area contributed by atoms with Crippen LogP contribution in [-0.4, -0.2) is 4.98 Å². The van der Waals surface area contributed by atoms with Crippen molar-refractivity contribution in [3.8, 4) is 0 Å². The third-order valence-electron chi connectivity index (χ3n) is 2.38. The molecule has 0 aliphatic rings. The Morgan fingerprint density at radius 2 is 2.00 bits per heavy atom. The first kappa shape index (κ1) is 13.5. The highest BCUT2D eigenvalue weighted by Gasteiger charge is 2.08. The molecule has 0 spiro atoms. The second kappa shape index (κ2) is 5.83. The maximum absolute atomic E-state index is 6.08. The maximum atomic E-state index is 6.08. The van der Waals surface area contributed by atoms with E-state index in [0.717, 1.165) is 5.75 Å². The van der Waals surface area contributed by atoms with Crippen LogP contribution < -0.4 is 5.73 Å². The lowest BCUT2D eigenvalue weighted by molar-refractivity contribution is 1.14. The van der Waals surface area contributed by atoms with Crippen molar-refractivity contribution in [3.05, 3.63) is 51.5 Å². The largest absolute Gasteiger partial charge is 0.382 e. The number of hydrogen-bond acceptors (Lipinski definition) is 3. The molecule has 0 aliphatic heterocycles. The summed E-state index contributed by atoms with van der Waals surface area (Å²) in [4.78, 5) is 4.19. The molecule has 5 heteroatoms.